The summed E-state index contributed by atoms with van der Waals surface area (Å²) in [5.41, 5.74) is 1.31. The highest BCUT2D eigenvalue weighted by Crippen LogP contribution is 2.32. The molecule has 2 aromatic rings. The van der Waals surface area contributed by atoms with Gasteiger partial charge in [-0.1, -0.05) is 36.0 Å². The Kier molecular flexibility index (Phi) is 4.85. The molecule has 0 saturated carbocycles. The molecule has 29 heavy (non-hydrogen) atoms. The first-order valence-corrected chi connectivity index (χ1v) is 9.46. The van der Waals surface area contributed by atoms with Gasteiger partial charge in [0.2, 0.25) is 0 Å². The number of hydrogen-bond acceptors (Lipinski definition) is 5. The van der Waals surface area contributed by atoms with E-state index in [2.05, 4.69) is 4.99 Å². The van der Waals surface area contributed by atoms with Crippen LogP contribution in [0.3, 0.4) is 0 Å². The molecule has 0 radical (unpaired) electrons. The summed E-state index contributed by atoms with van der Waals surface area (Å²) in [4.78, 5) is 30.2. The molecule has 8 heteroatoms. The third-order valence-electron chi connectivity index (χ3n) is 4.26. The maximum Gasteiger partial charge on any atom is 0.346 e. The van der Waals surface area contributed by atoms with Crippen molar-refractivity contribution >= 4 is 40.7 Å². The molecule has 4 rings (SSSR count). The Labute approximate surface area is 169 Å². The lowest BCUT2D eigenvalue weighted by Gasteiger charge is -2.25. The molecule has 1 amide bonds. The molecule has 2 aliphatic heterocycles. The number of rotatable bonds is 3. The Balaban J connectivity index is 1.60. The molecule has 0 aliphatic carbocycles. The van der Waals surface area contributed by atoms with Gasteiger partial charge >= 0.3 is 5.97 Å². The fraction of sp³-hybridized carbons (Fsp3) is 0.0476. The van der Waals surface area contributed by atoms with Gasteiger partial charge in [0, 0.05) is 5.70 Å². The summed E-state index contributed by atoms with van der Waals surface area (Å²) in [6, 6.07) is 12.0. The second-order valence-corrected chi connectivity index (χ2v) is 7.10. The molecule has 0 bridgehead atoms. The monoisotopic (exact) mass is 407 g/mol. The van der Waals surface area contributed by atoms with Gasteiger partial charge in [0.15, 0.2) is 5.17 Å². The molecule has 1 N–H and O–H groups in total. The van der Waals surface area contributed by atoms with Crippen LogP contribution in [0.4, 0.5) is 4.39 Å². The van der Waals surface area contributed by atoms with Crippen LogP contribution < -0.4 is 4.74 Å². The van der Waals surface area contributed by atoms with E-state index in [0.29, 0.717) is 10.7 Å². The van der Waals surface area contributed by atoms with E-state index >= 15 is 0 Å². The van der Waals surface area contributed by atoms with Crippen molar-refractivity contribution in [3.8, 4) is 5.75 Å². The Morgan fingerprint density at radius 1 is 1.24 bits per heavy atom. The predicted molar refractivity (Wildman–Crippen MR) is 109 cm³/mol. The van der Waals surface area contributed by atoms with E-state index in [4.69, 9.17) is 10.1 Å². The fourth-order valence-electron chi connectivity index (χ4n) is 2.86. The Morgan fingerprint density at radius 2 is 2.03 bits per heavy atom. The average molecular weight is 407 g/mol. The molecular formula is C21H14FN3O3S. The number of carbonyl (C=O) groups is 2. The van der Waals surface area contributed by atoms with Gasteiger partial charge in [-0.15, -0.1) is 0 Å². The van der Waals surface area contributed by atoms with Crippen molar-refractivity contribution < 1.29 is 18.7 Å². The van der Waals surface area contributed by atoms with Gasteiger partial charge in [-0.05, 0) is 48.2 Å². The number of aliphatic imine (C=N–C) groups is 1. The van der Waals surface area contributed by atoms with Gasteiger partial charge < -0.3 is 4.74 Å². The first-order valence-electron chi connectivity index (χ1n) is 8.58. The Hall–Kier alpha value is -3.52. The summed E-state index contributed by atoms with van der Waals surface area (Å²) in [6.07, 6.45) is 1.52. The minimum atomic E-state index is -0.821. The minimum Gasteiger partial charge on any atom is -0.423 e. The predicted octanol–water partition coefficient (Wildman–Crippen LogP) is 4.21. The summed E-state index contributed by atoms with van der Waals surface area (Å²) < 4.78 is 19.0. The van der Waals surface area contributed by atoms with E-state index < -0.39 is 17.7 Å². The number of nitrogens with one attached hydrogen (secondary N) is 1. The van der Waals surface area contributed by atoms with E-state index in [0.717, 1.165) is 5.70 Å². The SMILES string of the molecule is CC1=CSC2=NC(=O)/C(=C/c3cccc(OC(=O)c4ccccc4F)c3)C(=N)N12. The van der Waals surface area contributed by atoms with Gasteiger partial charge in [0.1, 0.15) is 17.4 Å². The van der Waals surface area contributed by atoms with Crippen LogP contribution >= 0.6 is 11.8 Å². The molecular weight excluding hydrogens is 393 g/mol. The van der Waals surface area contributed by atoms with Crippen LogP contribution in [0.25, 0.3) is 6.08 Å². The number of nitrogens with zero attached hydrogens (tertiary/aromatic N) is 2. The summed E-state index contributed by atoms with van der Waals surface area (Å²) >= 11 is 1.30. The second kappa shape index (κ2) is 7.48. The van der Waals surface area contributed by atoms with E-state index in [1.54, 1.807) is 29.2 Å². The van der Waals surface area contributed by atoms with E-state index in [-0.39, 0.29) is 22.7 Å². The smallest absolute Gasteiger partial charge is 0.346 e. The highest BCUT2D eigenvalue weighted by atomic mass is 32.2. The van der Waals surface area contributed by atoms with Crippen LogP contribution in [0.5, 0.6) is 5.75 Å². The molecule has 2 aromatic carbocycles. The molecule has 0 fully saturated rings. The van der Waals surface area contributed by atoms with Crippen molar-refractivity contribution in [1.82, 2.24) is 4.90 Å². The van der Waals surface area contributed by atoms with E-state index in [1.807, 2.05) is 12.3 Å². The number of hydrogen-bond donors (Lipinski definition) is 1. The molecule has 0 spiro atoms. The van der Waals surface area contributed by atoms with Crippen LogP contribution in [0.2, 0.25) is 0 Å². The third-order valence-corrected chi connectivity index (χ3v) is 5.20. The molecule has 144 valence electrons. The number of ether oxygens (including phenoxy) is 1. The van der Waals surface area contributed by atoms with Crippen molar-refractivity contribution in [2.45, 2.75) is 6.92 Å². The molecule has 2 heterocycles. The zero-order chi connectivity index (χ0) is 20.5. The average Bonchev–Trinajstić information content (AvgIpc) is 3.06. The lowest BCUT2D eigenvalue weighted by molar-refractivity contribution is -0.114. The molecule has 2 aliphatic rings. The summed E-state index contributed by atoms with van der Waals surface area (Å²) in [5, 5.41) is 10.6. The number of allylic oxidation sites excluding steroid dienone is 1. The number of fused-ring (bicyclic) bond motifs is 1. The highest BCUT2D eigenvalue weighted by molar-refractivity contribution is 8.16. The van der Waals surface area contributed by atoms with Gasteiger partial charge in [0.25, 0.3) is 5.91 Å². The van der Waals surface area contributed by atoms with Crippen molar-refractivity contribution in [3.63, 3.8) is 0 Å². The lowest BCUT2D eigenvalue weighted by atomic mass is 10.1. The van der Waals surface area contributed by atoms with E-state index in [1.165, 1.54) is 42.1 Å². The first-order chi connectivity index (χ1) is 13.9. The maximum atomic E-state index is 13.8. The Bertz CT molecular complexity index is 1150. The van der Waals surface area contributed by atoms with Gasteiger partial charge in [-0.2, -0.15) is 4.99 Å². The normalized spacial score (nSPS) is 17.2. The van der Waals surface area contributed by atoms with Crippen LogP contribution in [0, 0.1) is 11.2 Å². The highest BCUT2D eigenvalue weighted by Gasteiger charge is 2.33. The standard InChI is InChI=1S/C21H14FN3O3S/c1-12-11-29-21-24-19(26)16(18(23)25(12)21)10-13-5-4-6-14(9-13)28-20(27)15-7-2-3-8-17(15)22/h2-11,23H,1H3/b16-10+,23-18?. The first kappa shape index (κ1) is 18.8. The number of amidine groups is 2. The molecule has 6 nitrogen and oxygen atoms in total. The second-order valence-electron chi connectivity index (χ2n) is 6.26. The van der Waals surface area contributed by atoms with Gasteiger partial charge in [-0.3, -0.25) is 15.1 Å². The van der Waals surface area contributed by atoms with Crippen molar-refractivity contribution in [2.75, 3.05) is 0 Å². The molecule has 0 saturated heterocycles. The number of benzene rings is 2. The zero-order valence-electron chi connectivity index (χ0n) is 15.2. The lowest BCUT2D eigenvalue weighted by Crippen LogP contribution is -2.37. The number of esters is 1. The minimum absolute atomic E-state index is 0.0347. The molecule has 0 atom stereocenters. The van der Waals surface area contributed by atoms with Crippen LogP contribution in [-0.2, 0) is 4.79 Å². The molecule has 0 unspecified atom stereocenters. The van der Waals surface area contributed by atoms with Crippen LogP contribution in [0.15, 0.2) is 70.2 Å². The van der Waals surface area contributed by atoms with E-state index in [9.17, 15) is 14.0 Å². The van der Waals surface area contributed by atoms with Gasteiger partial charge in [-0.25, -0.2) is 9.18 Å². The maximum absolute atomic E-state index is 13.8. The largest absolute Gasteiger partial charge is 0.423 e. The third kappa shape index (κ3) is 3.62. The van der Waals surface area contributed by atoms with Gasteiger partial charge in [0.05, 0.1) is 11.1 Å². The van der Waals surface area contributed by atoms with Crippen LogP contribution in [0.1, 0.15) is 22.8 Å². The summed E-state index contributed by atoms with van der Waals surface area (Å²) in [6.45, 7) is 1.83. The van der Waals surface area contributed by atoms with Crippen molar-refractivity contribution in [2.24, 2.45) is 4.99 Å². The van der Waals surface area contributed by atoms with Crippen molar-refractivity contribution in [3.05, 3.63) is 82.2 Å². The number of amides is 1. The summed E-state index contributed by atoms with van der Waals surface area (Å²) in [7, 11) is 0. The fourth-order valence-corrected chi connectivity index (χ4v) is 3.72. The quantitative estimate of drug-likeness (QED) is 0.468. The number of carbonyl (C=O) groups excluding carboxylic acids is 2. The number of halogens is 1. The summed E-state index contributed by atoms with van der Waals surface area (Å²) in [5.74, 6) is -1.77. The Morgan fingerprint density at radius 3 is 2.83 bits per heavy atom. The number of thioether (sulfide) groups is 1. The molecule has 0 aromatic heterocycles. The zero-order valence-corrected chi connectivity index (χ0v) is 16.0. The van der Waals surface area contributed by atoms with Crippen LogP contribution in [-0.4, -0.2) is 27.8 Å². The topological polar surface area (TPSA) is 82.8 Å². The van der Waals surface area contributed by atoms with Crippen molar-refractivity contribution in [1.29, 1.82) is 5.41 Å².